The van der Waals surface area contributed by atoms with Crippen LogP contribution in [0.5, 0.6) is 11.5 Å². The van der Waals surface area contributed by atoms with Gasteiger partial charge in [0, 0.05) is 24.8 Å². The van der Waals surface area contributed by atoms with E-state index in [0.717, 1.165) is 42.5 Å². The maximum absolute atomic E-state index is 5.34. The summed E-state index contributed by atoms with van der Waals surface area (Å²) in [6, 6.07) is 7.93. The second kappa shape index (κ2) is 9.11. The molecular formula is C19H28N4O2. The molecule has 0 aliphatic carbocycles. The Labute approximate surface area is 150 Å². The minimum absolute atomic E-state index is 0.547. The van der Waals surface area contributed by atoms with Gasteiger partial charge in [0.2, 0.25) is 5.95 Å². The van der Waals surface area contributed by atoms with Crippen molar-refractivity contribution in [3.8, 4) is 11.5 Å². The summed E-state index contributed by atoms with van der Waals surface area (Å²) in [7, 11) is 3.29. The van der Waals surface area contributed by atoms with E-state index in [0.29, 0.717) is 11.9 Å². The number of nitrogens with one attached hydrogen (secondary N) is 2. The van der Waals surface area contributed by atoms with Crippen LogP contribution >= 0.6 is 0 Å². The van der Waals surface area contributed by atoms with Crippen molar-refractivity contribution in [3.63, 3.8) is 0 Å². The third kappa shape index (κ3) is 5.81. The Balaban J connectivity index is 1.95. The first-order valence-electron chi connectivity index (χ1n) is 8.56. The number of hydrogen-bond acceptors (Lipinski definition) is 6. The minimum atomic E-state index is 0.547. The first-order chi connectivity index (χ1) is 12.0. The third-order valence-corrected chi connectivity index (χ3v) is 3.69. The molecule has 0 amide bonds. The highest BCUT2D eigenvalue weighted by Gasteiger charge is 2.06. The van der Waals surface area contributed by atoms with Crippen LogP contribution in [-0.4, -0.2) is 37.3 Å². The Bertz CT molecular complexity index is 689. The second-order valence-corrected chi connectivity index (χ2v) is 6.36. The monoisotopic (exact) mass is 344 g/mol. The molecule has 0 saturated carbocycles. The molecule has 0 atom stereocenters. The zero-order chi connectivity index (χ0) is 18.2. The molecule has 6 nitrogen and oxygen atoms in total. The van der Waals surface area contributed by atoms with Gasteiger partial charge in [-0.2, -0.15) is 4.98 Å². The summed E-state index contributed by atoms with van der Waals surface area (Å²) in [5, 5.41) is 6.63. The number of nitrogens with zero attached hydrogens (tertiary/aromatic N) is 2. The van der Waals surface area contributed by atoms with E-state index >= 15 is 0 Å². The van der Waals surface area contributed by atoms with Crippen molar-refractivity contribution in [3.05, 3.63) is 35.5 Å². The predicted octanol–water partition coefficient (Wildman–Crippen LogP) is 3.52. The Morgan fingerprint density at radius 3 is 2.44 bits per heavy atom. The van der Waals surface area contributed by atoms with Crippen LogP contribution in [0.25, 0.3) is 0 Å². The summed E-state index contributed by atoms with van der Waals surface area (Å²) in [5.41, 5.74) is 2.11. The summed E-state index contributed by atoms with van der Waals surface area (Å²) >= 11 is 0. The molecule has 25 heavy (non-hydrogen) atoms. The number of rotatable bonds is 9. The molecule has 0 bridgehead atoms. The molecule has 1 aromatic heterocycles. The standard InChI is InChI=1S/C19H28N4O2/c1-13(2)12-21-19-22-14(3)10-18(23-19)20-9-8-15-6-7-16(24-4)17(11-15)25-5/h6-7,10-11,13H,8-9,12H2,1-5H3,(H2,20,21,22,23). The topological polar surface area (TPSA) is 68.3 Å². The quantitative estimate of drug-likeness (QED) is 0.725. The van der Waals surface area contributed by atoms with E-state index in [1.54, 1.807) is 14.2 Å². The smallest absolute Gasteiger partial charge is 0.224 e. The van der Waals surface area contributed by atoms with E-state index in [-0.39, 0.29) is 0 Å². The van der Waals surface area contributed by atoms with E-state index < -0.39 is 0 Å². The summed E-state index contributed by atoms with van der Waals surface area (Å²) in [4.78, 5) is 8.94. The van der Waals surface area contributed by atoms with Gasteiger partial charge in [0.05, 0.1) is 14.2 Å². The van der Waals surface area contributed by atoms with Gasteiger partial charge in [-0.15, -0.1) is 0 Å². The fraction of sp³-hybridized carbons (Fsp3) is 0.474. The lowest BCUT2D eigenvalue weighted by atomic mass is 10.1. The Morgan fingerprint density at radius 2 is 1.76 bits per heavy atom. The molecule has 1 heterocycles. The van der Waals surface area contributed by atoms with Gasteiger partial charge in [-0.3, -0.25) is 0 Å². The van der Waals surface area contributed by atoms with Crippen LogP contribution in [0.4, 0.5) is 11.8 Å². The average Bonchev–Trinajstić information content (AvgIpc) is 2.59. The van der Waals surface area contributed by atoms with Crippen molar-refractivity contribution >= 4 is 11.8 Å². The van der Waals surface area contributed by atoms with E-state index in [1.165, 1.54) is 5.56 Å². The van der Waals surface area contributed by atoms with Crippen molar-refractivity contribution in [2.24, 2.45) is 5.92 Å². The Morgan fingerprint density at radius 1 is 1.00 bits per heavy atom. The van der Waals surface area contributed by atoms with Crippen LogP contribution in [0.2, 0.25) is 0 Å². The van der Waals surface area contributed by atoms with E-state index in [4.69, 9.17) is 9.47 Å². The fourth-order valence-corrected chi connectivity index (χ4v) is 2.40. The summed E-state index contributed by atoms with van der Waals surface area (Å²) in [5.74, 6) is 3.54. The number of benzene rings is 1. The van der Waals surface area contributed by atoms with Gasteiger partial charge in [0.1, 0.15) is 5.82 Å². The highest BCUT2D eigenvalue weighted by Crippen LogP contribution is 2.27. The molecule has 0 radical (unpaired) electrons. The number of methoxy groups -OCH3 is 2. The van der Waals surface area contributed by atoms with Gasteiger partial charge in [-0.25, -0.2) is 4.98 Å². The SMILES string of the molecule is COc1ccc(CCNc2cc(C)nc(NCC(C)C)n2)cc1OC. The zero-order valence-corrected chi connectivity index (χ0v) is 15.7. The van der Waals surface area contributed by atoms with Crippen molar-refractivity contribution < 1.29 is 9.47 Å². The number of aromatic nitrogens is 2. The molecule has 0 unspecified atom stereocenters. The number of aryl methyl sites for hydroxylation is 1. The van der Waals surface area contributed by atoms with Crippen LogP contribution in [0.15, 0.2) is 24.3 Å². The summed E-state index contributed by atoms with van der Waals surface area (Å²) in [6.45, 7) is 7.92. The molecule has 0 aliphatic rings. The molecule has 2 aromatic rings. The van der Waals surface area contributed by atoms with E-state index in [9.17, 15) is 0 Å². The lowest BCUT2D eigenvalue weighted by Crippen LogP contribution is -2.13. The summed E-state index contributed by atoms with van der Waals surface area (Å²) < 4.78 is 10.6. The lowest BCUT2D eigenvalue weighted by Gasteiger charge is -2.12. The van der Waals surface area contributed by atoms with Crippen molar-refractivity contribution in [1.29, 1.82) is 0 Å². The highest BCUT2D eigenvalue weighted by molar-refractivity contribution is 5.44. The van der Waals surface area contributed by atoms with Gasteiger partial charge < -0.3 is 20.1 Å². The first-order valence-corrected chi connectivity index (χ1v) is 8.56. The number of ether oxygens (including phenoxy) is 2. The maximum atomic E-state index is 5.34. The molecule has 0 spiro atoms. The Hall–Kier alpha value is -2.50. The largest absolute Gasteiger partial charge is 0.493 e. The summed E-state index contributed by atoms with van der Waals surface area (Å²) in [6.07, 6.45) is 0.859. The van der Waals surface area contributed by atoms with Gasteiger partial charge in [0.15, 0.2) is 11.5 Å². The van der Waals surface area contributed by atoms with Gasteiger partial charge in [-0.1, -0.05) is 19.9 Å². The molecule has 2 N–H and O–H groups in total. The van der Waals surface area contributed by atoms with Crippen LogP contribution in [0.3, 0.4) is 0 Å². The predicted molar refractivity (Wildman–Crippen MR) is 102 cm³/mol. The zero-order valence-electron chi connectivity index (χ0n) is 15.7. The molecule has 6 heteroatoms. The molecule has 1 aromatic carbocycles. The van der Waals surface area contributed by atoms with Crippen LogP contribution < -0.4 is 20.1 Å². The molecule has 0 saturated heterocycles. The fourth-order valence-electron chi connectivity index (χ4n) is 2.40. The molecule has 0 fully saturated rings. The van der Waals surface area contributed by atoms with E-state index in [2.05, 4.69) is 34.4 Å². The second-order valence-electron chi connectivity index (χ2n) is 6.36. The molecular weight excluding hydrogens is 316 g/mol. The normalized spacial score (nSPS) is 10.6. The van der Waals surface area contributed by atoms with Crippen LogP contribution in [-0.2, 0) is 6.42 Å². The first kappa shape index (κ1) is 18.8. The van der Waals surface area contributed by atoms with Crippen LogP contribution in [0, 0.1) is 12.8 Å². The van der Waals surface area contributed by atoms with Crippen molar-refractivity contribution in [2.45, 2.75) is 27.2 Å². The van der Waals surface area contributed by atoms with Crippen LogP contribution in [0.1, 0.15) is 25.1 Å². The van der Waals surface area contributed by atoms with E-state index in [1.807, 2.05) is 31.2 Å². The average molecular weight is 344 g/mol. The number of anilines is 2. The number of hydrogen-bond donors (Lipinski definition) is 2. The molecule has 136 valence electrons. The maximum Gasteiger partial charge on any atom is 0.224 e. The third-order valence-electron chi connectivity index (χ3n) is 3.69. The lowest BCUT2D eigenvalue weighted by molar-refractivity contribution is 0.354. The molecule has 0 aliphatic heterocycles. The van der Waals surface area contributed by atoms with Gasteiger partial charge in [0.25, 0.3) is 0 Å². The van der Waals surface area contributed by atoms with Gasteiger partial charge in [-0.05, 0) is 37.0 Å². The van der Waals surface area contributed by atoms with Crippen molar-refractivity contribution in [2.75, 3.05) is 37.9 Å². The highest BCUT2D eigenvalue weighted by atomic mass is 16.5. The van der Waals surface area contributed by atoms with Crippen molar-refractivity contribution in [1.82, 2.24) is 9.97 Å². The Kier molecular flexibility index (Phi) is 6.86. The minimum Gasteiger partial charge on any atom is -0.493 e. The van der Waals surface area contributed by atoms with Gasteiger partial charge >= 0.3 is 0 Å². The molecule has 2 rings (SSSR count).